The molecule has 0 saturated heterocycles. The van der Waals surface area contributed by atoms with Gasteiger partial charge >= 0.3 is 0 Å². The van der Waals surface area contributed by atoms with E-state index in [1.807, 2.05) is 6.92 Å². The van der Waals surface area contributed by atoms with Crippen LogP contribution >= 0.6 is 0 Å². The molecule has 164 valence electrons. The fraction of sp³-hybridized carbons (Fsp3) is 0.409. The van der Waals surface area contributed by atoms with Gasteiger partial charge in [0.15, 0.2) is 0 Å². The van der Waals surface area contributed by atoms with E-state index < -0.39 is 0 Å². The van der Waals surface area contributed by atoms with Gasteiger partial charge in [0, 0.05) is 42.0 Å². The van der Waals surface area contributed by atoms with E-state index in [4.69, 9.17) is 0 Å². The molecule has 9 heteroatoms. The van der Waals surface area contributed by atoms with E-state index in [2.05, 4.69) is 20.9 Å². The van der Waals surface area contributed by atoms with Crippen LogP contribution in [0.4, 0.5) is 5.69 Å². The molecule has 1 fully saturated rings. The molecule has 9 nitrogen and oxygen atoms in total. The van der Waals surface area contributed by atoms with E-state index in [0.717, 1.165) is 25.7 Å². The molecule has 2 aromatic rings. The van der Waals surface area contributed by atoms with Crippen molar-refractivity contribution >= 4 is 23.4 Å². The number of anilines is 1. The lowest BCUT2D eigenvalue weighted by atomic mass is 10.2. The Hall–Kier alpha value is -3.49. The second-order valence-electron chi connectivity index (χ2n) is 7.54. The van der Waals surface area contributed by atoms with Crippen LogP contribution in [0.15, 0.2) is 41.5 Å². The van der Waals surface area contributed by atoms with Crippen molar-refractivity contribution in [3.05, 3.63) is 58.3 Å². The van der Waals surface area contributed by atoms with E-state index in [9.17, 15) is 19.2 Å². The van der Waals surface area contributed by atoms with Crippen molar-refractivity contribution in [1.82, 2.24) is 20.2 Å². The number of aromatic nitrogens is 2. The maximum absolute atomic E-state index is 12.2. The Morgan fingerprint density at radius 1 is 1.10 bits per heavy atom. The number of amides is 3. The summed E-state index contributed by atoms with van der Waals surface area (Å²) in [5.41, 5.74) is 1.57. The predicted octanol–water partition coefficient (Wildman–Crippen LogP) is 1.09. The Morgan fingerprint density at radius 3 is 2.45 bits per heavy atom. The third-order valence-electron chi connectivity index (χ3n) is 4.85. The van der Waals surface area contributed by atoms with Crippen LogP contribution in [0.5, 0.6) is 0 Å². The zero-order valence-electron chi connectivity index (χ0n) is 17.5. The van der Waals surface area contributed by atoms with E-state index in [0.29, 0.717) is 16.9 Å². The molecule has 1 aromatic heterocycles. The Labute approximate surface area is 180 Å². The topological polar surface area (TPSA) is 122 Å². The van der Waals surface area contributed by atoms with Gasteiger partial charge in [-0.25, -0.2) is 4.98 Å². The highest BCUT2D eigenvalue weighted by atomic mass is 16.2. The lowest BCUT2D eigenvalue weighted by Gasteiger charge is -2.09. The average molecular weight is 425 g/mol. The summed E-state index contributed by atoms with van der Waals surface area (Å²) < 4.78 is 1.25. The summed E-state index contributed by atoms with van der Waals surface area (Å²) in [6.07, 6.45) is 4.86. The standard InChI is InChI=1S/C22H27N5O4/c1-2-3-18-12-20(29)27(14-25-18)13-19(28)23-10-11-24-21(30)15-6-8-17(9-7-15)26-22(31)16-4-5-16/h6-9,12,14,16H,2-5,10-11,13H2,1H3,(H,23,28)(H,24,30)(H,26,31). The Bertz CT molecular complexity index is 996. The molecule has 0 bridgehead atoms. The number of hydrogen-bond donors (Lipinski definition) is 3. The number of nitrogens with zero attached hydrogens (tertiary/aromatic N) is 2. The third kappa shape index (κ3) is 6.77. The minimum Gasteiger partial charge on any atom is -0.353 e. The lowest BCUT2D eigenvalue weighted by Crippen LogP contribution is -2.37. The van der Waals surface area contributed by atoms with Crippen LogP contribution in [-0.4, -0.2) is 40.4 Å². The molecule has 3 amide bonds. The largest absolute Gasteiger partial charge is 0.353 e. The molecule has 0 unspecified atom stereocenters. The number of hydrogen-bond acceptors (Lipinski definition) is 5. The first-order chi connectivity index (χ1) is 15.0. The van der Waals surface area contributed by atoms with Crippen LogP contribution < -0.4 is 21.5 Å². The summed E-state index contributed by atoms with van der Waals surface area (Å²) in [4.78, 5) is 52.2. The first kappa shape index (κ1) is 22.2. The Kier molecular flexibility index (Phi) is 7.53. The molecule has 0 aliphatic heterocycles. The molecular weight excluding hydrogens is 398 g/mol. The molecule has 31 heavy (non-hydrogen) atoms. The van der Waals surface area contributed by atoms with Crippen molar-refractivity contribution in [2.45, 2.75) is 39.2 Å². The van der Waals surface area contributed by atoms with Crippen LogP contribution in [0.3, 0.4) is 0 Å². The van der Waals surface area contributed by atoms with Crippen LogP contribution in [0.2, 0.25) is 0 Å². The minimum absolute atomic E-state index is 0.0166. The zero-order chi connectivity index (χ0) is 22.2. The molecule has 1 heterocycles. The zero-order valence-corrected chi connectivity index (χ0v) is 17.5. The van der Waals surface area contributed by atoms with Crippen LogP contribution in [-0.2, 0) is 22.6 Å². The van der Waals surface area contributed by atoms with Gasteiger partial charge < -0.3 is 16.0 Å². The maximum atomic E-state index is 12.2. The van der Waals surface area contributed by atoms with E-state index in [1.54, 1.807) is 24.3 Å². The Morgan fingerprint density at radius 2 is 1.81 bits per heavy atom. The molecule has 1 aliphatic carbocycles. The maximum Gasteiger partial charge on any atom is 0.253 e. The number of benzene rings is 1. The summed E-state index contributed by atoms with van der Waals surface area (Å²) in [5.74, 6) is -0.477. The van der Waals surface area contributed by atoms with Crippen molar-refractivity contribution in [2.24, 2.45) is 5.92 Å². The van der Waals surface area contributed by atoms with Crippen LogP contribution in [0, 0.1) is 5.92 Å². The number of carbonyl (C=O) groups is 3. The first-order valence-electron chi connectivity index (χ1n) is 10.5. The lowest BCUT2D eigenvalue weighted by molar-refractivity contribution is -0.121. The first-order valence-corrected chi connectivity index (χ1v) is 10.5. The molecule has 3 N–H and O–H groups in total. The summed E-state index contributed by atoms with van der Waals surface area (Å²) in [7, 11) is 0. The van der Waals surface area contributed by atoms with Crippen molar-refractivity contribution in [3.8, 4) is 0 Å². The van der Waals surface area contributed by atoms with Crippen molar-refractivity contribution in [2.75, 3.05) is 18.4 Å². The van der Waals surface area contributed by atoms with Gasteiger partial charge in [-0.1, -0.05) is 13.3 Å². The molecule has 1 saturated carbocycles. The third-order valence-corrected chi connectivity index (χ3v) is 4.85. The highest BCUT2D eigenvalue weighted by Gasteiger charge is 2.29. The van der Waals surface area contributed by atoms with E-state index >= 15 is 0 Å². The number of aryl methyl sites for hydroxylation is 1. The second-order valence-corrected chi connectivity index (χ2v) is 7.54. The fourth-order valence-corrected chi connectivity index (χ4v) is 2.96. The van der Waals surface area contributed by atoms with Crippen molar-refractivity contribution in [1.29, 1.82) is 0 Å². The normalized spacial score (nSPS) is 12.8. The second kappa shape index (κ2) is 10.5. The Balaban J connectivity index is 1.37. The smallest absolute Gasteiger partial charge is 0.253 e. The van der Waals surface area contributed by atoms with Gasteiger partial charge in [-0.05, 0) is 43.5 Å². The van der Waals surface area contributed by atoms with Gasteiger partial charge in [0.25, 0.3) is 11.5 Å². The summed E-state index contributed by atoms with van der Waals surface area (Å²) >= 11 is 0. The summed E-state index contributed by atoms with van der Waals surface area (Å²) in [6, 6.07) is 8.10. The molecular formula is C22H27N5O4. The van der Waals surface area contributed by atoms with Gasteiger partial charge in [-0.3, -0.25) is 23.7 Å². The molecule has 3 rings (SSSR count). The number of nitrogens with one attached hydrogen (secondary N) is 3. The van der Waals surface area contributed by atoms with Gasteiger partial charge in [-0.15, -0.1) is 0 Å². The van der Waals surface area contributed by atoms with E-state index in [-0.39, 0.29) is 48.8 Å². The van der Waals surface area contributed by atoms with Gasteiger partial charge in [0.1, 0.15) is 6.54 Å². The SMILES string of the molecule is CCCc1cc(=O)n(CC(=O)NCCNC(=O)c2ccc(NC(=O)C3CC3)cc2)cn1. The minimum atomic E-state index is -0.336. The van der Waals surface area contributed by atoms with Crippen LogP contribution in [0.25, 0.3) is 0 Å². The average Bonchev–Trinajstić information content (AvgIpc) is 3.59. The number of carbonyl (C=O) groups excluding carboxylic acids is 3. The van der Waals surface area contributed by atoms with Gasteiger partial charge in [-0.2, -0.15) is 0 Å². The molecule has 1 aliphatic rings. The molecule has 0 radical (unpaired) electrons. The highest BCUT2D eigenvalue weighted by molar-refractivity contribution is 5.96. The predicted molar refractivity (Wildman–Crippen MR) is 116 cm³/mol. The van der Waals surface area contributed by atoms with Gasteiger partial charge in [0.2, 0.25) is 11.8 Å². The summed E-state index contributed by atoms with van der Waals surface area (Å²) in [6.45, 7) is 2.35. The highest BCUT2D eigenvalue weighted by Crippen LogP contribution is 2.30. The van der Waals surface area contributed by atoms with Crippen molar-refractivity contribution < 1.29 is 14.4 Å². The molecule has 0 atom stereocenters. The quantitative estimate of drug-likeness (QED) is 0.492. The monoisotopic (exact) mass is 425 g/mol. The number of rotatable bonds is 10. The molecule has 0 spiro atoms. The molecule has 1 aromatic carbocycles. The van der Waals surface area contributed by atoms with Crippen LogP contribution in [0.1, 0.15) is 42.2 Å². The van der Waals surface area contributed by atoms with Crippen molar-refractivity contribution in [3.63, 3.8) is 0 Å². The van der Waals surface area contributed by atoms with E-state index in [1.165, 1.54) is 17.0 Å². The van der Waals surface area contributed by atoms with Gasteiger partial charge in [0.05, 0.1) is 6.33 Å². The summed E-state index contributed by atoms with van der Waals surface area (Å²) in [5, 5.41) is 8.20. The fourth-order valence-electron chi connectivity index (χ4n) is 2.96.